The van der Waals surface area contributed by atoms with Crippen LogP contribution in [-0.4, -0.2) is 16.6 Å². The predicted octanol–water partition coefficient (Wildman–Crippen LogP) is 4.87. The Balaban J connectivity index is 1.78. The van der Waals surface area contributed by atoms with Gasteiger partial charge in [-0.05, 0) is 47.4 Å². The number of aromatic nitrogens is 1. The summed E-state index contributed by atoms with van der Waals surface area (Å²) in [4.78, 5) is 16.7. The lowest BCUT2D eigenvalue weighted by atomic mass is 9.99. The maximum absolute atomic E-state index is 12.4. The number of nitrogens with one attached hydrogen (secondary N) is 1. The topological polar surface area (TPSA) is 116 Å². The zero-order valence-corrected chi connectivity index (χ0v) is 18.2. The predicted molar refractivity (Wildman–Crippen MR) is 121 cm³/mol. The first-order valence-corrected chi connectivity index (χ1v) is 11.0. The molecule has 3 rings (SSSR count). The van der Waals surface area contributed by atoms with E-state index in [0.717, 1.165) is 22.4 Å². The van der Waals surface area contributed by atoms with Crippen molar-refractivity contribution in [1.29, 1.82) is 10.5 Å². The van der Waals surface area contributed by atoms with Crippen molar-refractivity contribution in [1.82, 2.24) is 4.98 Å². The largest absolute Gasteiger partial charge is 0.383 e. The summed E-state index contributed by atoms with van der Waals surface area (Å²) in [5.74, 6) is 0.394. The van der Waals surface area contributed by atoms with E-state index in [1.165, 1.54) is 23.1 Å². The van der Waals surface area contributed by atoms with E-state index in [1.807, 2.05) is 48.9 Å². The second kappa shape index (κ2) is 9.45. The first-order valence-electron chi connectivity index (χ1n) is 9.11. The maximum atomic E-state index is 12.4. The summed E-state index contributed by atoms with van der Waals surface area (Å²) >= 11 is 2.75. The van der Waals surface area contributed by atoms with Crippen LogP contribution in [0.15, 0.2) is 40.1 Å². The molecule has 0 atom stereocenters. The summed E-state index contributed by atoms with van der Waals surface area (Å²) in [6.45, 7) is 3.90. The fraction of sp³-hybridized carbons (Fsp3) is 0.182. The molecule has 0 bridgehead atoms. The normalized spacial score (nSPS) is 10.3. The van der Waals surface area contributed by atoms with E-state index in [2.05, 4.69) is 22.4 Å². The van der Waals surface area contributed by atoms with E-state index in [9.17, 15) is 15.3 Å². The van der Waals surface area contributed by atoms with Crippen LogP contribution in [0.4, 0.5) is 11.5 Å². The smallest absolute Gasteiger partial charge is 0.225 e. The molecule has 2 heterocycles. The van der Waals surface area contributed by atoms with Gasteiger partial charge in [0.25, 0.3) is 0 Å². The standard InChI is InChI=1S/C22H19N5OS2/c1-13-4-3-5-14(2)20(13)26-18(28)7-9-30-22-17(11-24)19(15-6-8-29-12-15)16(10-23)21(25)27-22/h3-6,8,12H,7,9H2,1-2H3,(H2,25,27)(H,26,28). The Kier molecular flexibility index (Phi) is 6.73. The van der Waals surface area contributed by atoms with Crippen LogP contribution in [0.25, 0.3) is 11.1 Å². The van der Waals surface area contributed by atoms with Crippen molar-refractivity contribution in [2.24, 2.45) is 0 Å². The lowest BCUT2D eigenvalue weighted by molar-refractivity contribution is -0.115. The molecule has 8 heteroatoms. The number of thiophene rings is 1. The SMILES string of the molecule is Cc1cccc(C)c1NC(=O)CCSc1nc(N)c(C#N)c(-c2ccsc2)c1C#N. The molecule has 0 aliphatic carbocycles. The van der Waals surface area contributed by atoms with E-state index in [4.69, 9.17) is 5.73 Å². The lowest BCUT2D eigenvalue weighted by Gasteiger charge is -2.13. The number of nitriles is 2. The third kappa shape index (κ3) is 4.46. The number of amides is 1. The maximum Gasteiger partial charge on any atom is 0.225 e. The number of rotatable bonds is 6. The monoisotopic (exact) mass is 433 g/mol. The number of anilines is 2. The van der Waals surface area contributed by atoms with Gasteiger partial charge in [-0.15, -0.1) is 11.8 Å². The van der Waals surface area contributed by atoms with Gasteiger partial charge < -0.3 is 11.1 Å². The first kappa shape index (κ1) is 21.4. The van der Waals surface area contributed by atoms with Crippen LogP contribution in [0.3, 0.4) is 0 Å². The van der Waals surface area contributed by atoms with Crippen LogP contribution >= 0.6 is 23.1 Å². The fourth-order valence-corrected chi connectivity index (χ4v) is 4.63. The summed E-state index contributed by atoms with van der Waals surface area (Å²) in [6.07, 6.45) is 0.249. The van der Waals surface area contributed by atoms with Crippen LogP contribution < -0.4 is 11.1 Å². The third-order valence-electron chi connectivity index (χ3n) is 4.54. The number of aryl methyl sites for hydroxylation is 2. The highest BCUT2D eigenvalue weighted by Crippen LogP contribution is 2.36. The number of benzene rings is 1. The number of hydrogen-bond donors (Lipinski definition) is 2. The summed E-state index contributed by atoms with van der Waals surface area (Å²) in [5.41, 5.74) is 10.6. The number of para-hydroxylation sites is 1. The summed E-state index contributed by atoms with van der Waals surface area (Å²) in [6, 6.07) is 11.9. The van der Waals surface area contributed by atoms with Crippen LogP contribution in [0, 0.1) is 36.5 Å². The third-order valence-corrected chi connectivity index (χ3v) is 6.20. The molecule has 0 aliphatic heterocycles. The van der Waals surface area contributed by atoms with Crippen LogP contribution in [0.2, 0.25) is 0 Å². The van der Waals surface area contributed by atoms with Crippen LogP contribution in [-0.2, 0) is 4.79 Å². The van der Waals surface area contributed by atoms with Gasteiger partial charge in [-0.3, -0.25) is 4.79 Å². The first-order chi connectivity index (χ1) is 14.5. The minimum atomic E-state index is -0.113. The quantitative estimate of drug-likeness (QED) is 0.536. The van der Waals surface area contributed by atoms with Gasteiger partial charge in [-0.2, -0.15) is 21.9 Å². The van der Waals surface area contributed by atoms with Crippen molar-refractivity contribution in [2.45, 2.75) is 25.3 Å². The Hall–Kier alpha value is -3.33. The number of hydrogen-bond acceptors (Lipinski definition) is 7. The Labute approximate surface area is 183 Å². The number of nitrogen functional groups attached to an aromatic ring is 1. The van der Waals surface area contributed by atoms with Crippen molar-refractivity contribution in [3.63, 3.8) is 0 Å². The molecule has 6 nitrogen and oxygen atoms in total. The Morgan fingerprint density at radius 2 is 1.90 bits per heavy atom. The van der Waals surface area contributed by atoms with Gasteiger partial charge in [-0.1, -0.05) is 18.2 Å². The molecule has 0 radical (unpaired) electrons. The molecule has 0 spiro atoms. The van der Waals surface area contributed by atoms with Gasteiger partial charge >= 0.3 is 0 Å². The van der Waals surface area contributed by atoms with Gasteiger partial charge in [0.1, 0.15) is 28.5 Å². The Morgan fingerprint density at radius 1 is 1.20 bits per heavy atom. The van der Waals surface area contributed by atoms with E-state index >= 15 is 0 Å². The fourth-order valence-electron chi connectivity index (χ4n) is 3.05. The molecular weight excluding hydrogens is 414 g/mol. The molecule has 0 saturated carbocycles. The van der Waals surface area contributed by atoms with E-state index in [0.29, 0.717) is 21.9 Å². The van der Waals surface area contributed by atoms with Crippen molar-refractivity contribution < 1.29 is 4.79 Å². The van der Waals surface area contributed by atoms with E-state index in [1.54, 1.807) is 0 Å². The number of thioether (sulfide) groups is 1. The van der Waals surface area contributed by atoms with Gasteiger partial charge in [-0.25, -0.2) is 4.98 Å². The summed E-state index contributed by atoms with van der Waals surface area (Å²) in [5, 5.41) is 26.4. The van der Waals surface area contributed by atoms with Crippen molar-refractivity contribution >= 4 is 40.5 Å². The molecule has 3 aromatic rings. The number of nitrogens with zero attached hydrogens (tertiary/aromatic N) is 3. The average molecular weight is 434 g/mol. The zero-order chi connectivity index (χ0) is 21.7. The molecule has 0 unspecified atom stereocenters. The van der Waals surface area contributed by atoms with Gasteiger partial charge in [0, 0.05) is 23.4 Å². The number of nitrogens with two attached hydrogens (primary N) is 1. The second-order valence-corrected chi connectivity index (χ2v) is 8.44. The Morgan fingerprint density at radius 3 is 2.50 bits per heavy atom. The van der Waals surface area contributed by atoms with E-state index < -0.39 is 0 Å². The minimum absolute atomic E-state index is 0.0835. The molecule has 2 aromatic heterocycles. The Bertz CT molecular complexity index is 1150. The van der Waals surface area contributed by atoms with Gasteiger partial charge in [0.15, 0.2) is 0 Å². The number of carbonyl (C=O) groups excluding carboxylic acids is 1. The van der Waals surface area contributed by atoms with Crippen molar-refractivity contribution in [3.8, 4) is 23.3 Å². The minimum Gasteiger partial charge on any atom is -0.383 e. The van der Waals surface area contributed by atoms with Gasteiger partial charge in [0.2, 0.25) is 5.91 Å². The van der Waals surface area contributed by atoms with Crippen molar-refractivity contribution in [3.05, 3.63) is 57.3 Å². The number of carbonyl (C=O) groups is 1. The highest BCUT2D eigenvalue weighted by molar-refractivity contribution is 7.99. The lowest BCUT2D eigenvalue weighted by Crippen LogP contribution is -2.14. The summed E-state index contributed by atoms with van der Waals surface area (Å²) < 4.78 is 0. The molecule has 30 heavy (non-hydrogen) atoms. The van der Waals surface area contributed by atoms with Crippen LogP contribution in [0.5, 0.6) is 0 Å². The molecule has 0 aliphatic rings. The average Bonchev–Trinajstić information content (AvgIpc) is 3.25. The molecule has 3 N–H and O–H groups in total. The highest BCUT2D eigenvalue weighted by Gasteiger charge is 2.21. The molecule has 1 amide bonds. The molecule has 150 valence electrons. The number of pyridine rings is 1. The highest BCUT2D eigenvalue weighted by atomic mass is 32.2. The second-order valence-electron chi connectivity index (χ2n) is 6.58. The molecular formula is C22H19N5OS2. The van der Waals surface area contributed by atoms with Gasteiger partial charge in [0.05, 0.1) is 5.56 Å². The molecule has 1 aromatic carbocycles. The molecule has 0 fully saturated rings. The summed E-state index contributed by atoms with van der Waals surface area (Å²) in [7, 11) is 0. The van der Waals surface area contributed by atoms with E-state index in [-0.39, 0.29) is 23.7 Å². The van der Waals surface area contributed by atoms with Crippen LogP contribution in [0.1, 0.15) is 28.7 Å². The van der Waals surface area contributed by atoms with Crippen molar-refractivity contribution in [2.75, 3.05) is 16.8 Å². The zero-order valence-electron chi connectivity index (χ0n) is 16.5. The molecule has 0 saturated heterocycles.